The lowest BCUT2D eigenvalue weighted by molar-refractivity contribution is -0.137. The van der Waals surface area contributed by atoms with Crippen molar-refractivity contribution in [2.45, 2.75) is 95.5 Å². The quantitative estimate of drug-likeness (QED) is 0.222. The smallest absolute Gasteiger partial charge is 0.244 e. The number of unbranched alkanes of at least 4 members (excludes halogenated alkanes) is 3. The lowest BCUT2D eigenvalue weighted by Crippen LogP contribution is -2.42. The number of rotatable bonds is 9. The summed E-state index contributed by atoms with van der Waals surface area (Å²) >= 11 is 6.10. The lowest BCUT2D eigenvalue weighted by atomic mass is 9.86. The largest absolute Gasteiger partial charge is 0.385 e. The maximum atomic E-state index is 12.4. The van der Waals surface area contributed by atoms with Crippen molar-refractivity contribution in [1.29, 1.82) is 0 Å². The van der Waals surface area contributed by atoms with Gasteiger partial charge in [0, 0.05) is 17.5 Å². The van der Waals surface area contributed by atoms with Crippen molar-refractivity contribution in [3.8, 4) is 0 Å². The highest BCUT2D eigenvalue weighted by Crippen LogP contribution is 2.50. The van der Waals surface area contributed by atoms with Crippen LogP contribution >= 0.6 is 11.6 Å². The summed E-state index contributed by atoms with van der Waals surface area (Å²) in [4.78, 5) is 12.4. The maximum absolute atomic E-state index is 12.4. The first-order valence-corrected chi connectivity index (χ1v) is 11.4. The van der Waals surface area contributed by atoms with Gasteiger partial charge in [0.25, 0.3) is 0 Å². The SMILES string of the molecule is CCCCCC[C@@H](C)/C=C(C)/C=C/C(=O)N[C@H]1C[C@@]2(C=C(Cl)[C@@H](O)[C@H]3O[C@H]32)OC1O. The van der Waals surface area contributed by atoms with Crippen LogP contribution in [0.15, 0.2) is 34.9 Å². The molecule has 1 amide bonds. The Morgan fingerprint density at radius 2 is 2.13 bits per heavy atom. The van der Waals surface area contributed by atoms with Crippen LogP contribution in [-0.2, 0) is 14.3 Å². The summed E-state index contributed by atoms with van der Waals surface area (Å²) in [6.45, 7) is 6.39. The molecule has 1 spiro atoms. The zero-order chi connectivity index (χ0) is 21.9. The Morgan fingerprint density at radius 3 is 2.87 bits per heavy atom. The van der Waals surface area contributed by atoms with E-state index in [0.717, 1.165) is 12.0 Å². The van der Waals surface area contributed by atoms with Gasteiger partial charge >= 0.3 is 0 Å². The summed E-state index contributed by atoms with van der Waals surface area (Å²) in [6.07, 6.45) is 10.8. The monoisotopic (exact) mass is 439 g/mol. The Morgan fingerprint density at radius 1 is 1.37 bits per heavy atom. The summed E-state index contributed by atoms with van der Waals surface area (Å²) < 4.78 is 11.2. The van der Waals surface area contributed by atoms with E-state index in [1.165, 1.54) is 31.8 Å². The normalized spacial score (nSPS) is 36.7. The first kappa shape index (κ1) is 23.5. The van der Waals surface area contributed by atoms with Crippen LogP contribution in [0.1, 0.15) is 59.3 Å². The van der Waals surface area contributed by atoms with Crippen LogP contribution < -0.4 is 5.32 Å². The van der Waals surface area contributed by atoms with Gasteiger partial charge in [0.1, 0.15) is 23.9 Å². The first-order chi connectivity index (χ1) is 14.3. The molecule has 6 nitrogen and oxygen atoms in total. The Kier molecular flexibility index (Phi) is 7.80. The van der Waals surface area contributed by atoms with Crippen molar-refractivity contribution in [3.05, 3.63) is 34.9 Å². The zero-order valence-electron chi connectivity index (χ0n) is 18.0. The minimum atomic E-state index is -1.16. The van der Waals surface area contributed by atoms with Crippen molar-refractivity contribution in [2.24, 2.45) is 5.92 Å². The van der Waals surface area contributed by atoms with Crippen LogP contribution in [0.3, 0.4) is 0 Å². The lowest BCUT2D eigenvalue weighted by Gasteiger charge is -2.27. The topological polar surface area (TPSA) is 91.3 Å². The van der Waals surface area contributed by atoms with Gasteiger partial charge in [-0.2, -0.15) is 0 Å². The van der Waals surface area contributed by atoms with Gasteiger partial charge in [-0.25, -0.2) is 0 Å². The Bertz CT molecular complexity index is 720. The van der Waals surface area contributed by atoms with Gasteiger partial charge in [0.2, 0.25) is 5.91 Å². The molecule has 2 fully saturated rings. The Labute approximate surface area is 184 Å². The molecule has 2 saturated heterocycles. The fourth-order valence-electron chi connectivity index (χ4n) is 4.43. The maximum Gasteiger partial charge on any atom is 0.244 e. The molecule has 0 radical (unpaired) electrons. The fourth-order valence-corrected chi connectivity index (χ4v) is 4.74. The number of aliphatic hydroxyl groups excluding tert-OH is 2. The molecule has 3 aliphatic rings. The number of hydrogen-bond donors (Lipinski definition) is 3. The molecule has 168 valence electrons. The minimum Gasteiger partial charge on any atom is -0.385 e. The van der Waals surface area contributed by atoms with Gasteiger partial charge in [0.05, 0.1) is 6.04 Å². The summed E-state index contributed by atoms with van der Waals surface area (Å²) in [6, 6.07) is -0.579. The molecule has 0 aromatic rings. The van der Waals surface area contributed by atoms with E-state index >= 15 is 0 Å². The van der Waals surface area contributed by atoms with Gasteiger partial charge in [0.15, 0.2) is 6.29 Å². The molecule has 0 saturated carbocycles. The number of amides is 1. The Balaban J connectivity index is 1.50. The number of hydrogen-bond acceptors (Lipinski definition) is 5. The predicted molar refractivity (Wildman–Crippen MR) is 116 cm³/mol. The number of carbonyl (C=O) groups is 1. The van der Waals surface area contributed by atoms with E-state index in [9.17, 15) is 15.0 Å². The average molecular weight is 440 g/mol. The molecule has 3 rings (SSSR count). The minimum absolute atomic E-state index is 0.248. The standard InChI is InChI=1S/C23H34ClNO5/c1-4-5-6-7-8-14(2)11-15(3)9-10-18(26)25-17-13-23(30-22(17)28)12-16(24)19(27)20-21(23)29-20/h9-12,14,17,19-22,27-28H,4-8,13H2,1-3H3,(H,25,26)/b10-9+,15-11+/t14-,17+,19-,20-,21-,22?,23-/m1/s1. The highest BCUT2D eigenvalue weighted by atomic mass is 35.5. The molecule has 2 heterocycles. The van der Waals surface area contributed by atoms with Crippen LogP contribution in [0.4, 0.5) is 0 Å². The summed E-state index contributed by atoms with van der Waals surface area (Å²) in [5, 5.41) is 23.3. The Hall–Kier alpha value is -1.18. The molecule has 0 aromatic heterocycles. The van der Waals surface area contributed by atoms with Gasteiger partial charge in [-0.1, -0.05) is 68.9 Å². The summed E-state index contributed by atoms with van der Waals surface area (Å²) in [7, 11) is 0. The number of fused-ring (bicyclic) bond motifs is 2. The number of allylic oxidation sites excluding steroid dienone is 3. The van der Waals surface area contributed by atoms with Gasteiger partial charge < -0.3 is 25.0 Å². The van der Waals surface area contributed by atoms with E-state index in [-0.39, 0.29) is 17.0 Å². The molecule has 1 aliphatic carbocycles. The second kappa shape index (κ2) is 9.96. The van der Waals surface area contributed by atoms with Crippen LogP contribution in [-0.4, -0.2) is 52.4 Å². The fraction of sp³-hybridized carbons (Fsp3) is 0.696. The third kappa shape index (κ3) is 5.54. The number of halogens is 1. The summed E-state index contributed by atoms with van der Waals surface area (Å²) in [5.41, 5.74) is 0.128. The van der Waals surface area contributed by atoms with Crippen molar-refractivity contribution >= 4 is 17.5 Å². The molecule has 0 bridgehead atoms. The molecule has 7 heteroatoms. The second-order valence-electron chi connectivity index (χ2n) is 8.85. The number of epoxide rings is 1. The number of ether oxygens (including phenoxy) is 2. The van der Waals surface area contributed by atoms with Crippen LogP contribution in [0.25, 0.3) is 0 Å². The highest BCUT2D eigenvalue weighted by molar-refractivity contribution is 6.30. The molecule has 0 aromatic carbocycles. The zero-order valence-corrected chi connectivity index (χ0v) is 18.8. The molecule has 1 unspecified atom stereocenters. The molecular weight excluding hydrogens is 406 g/mol. The van der Waals surface area contributed by atoms with Gasteiger partial charge in [-0.3, -0.25) is 4.79 Å². The van der Waals surface area contributed by atoms with Crippen LogP contribution in [0.2, 0.25) is 0 Å². The van der Waals surface area contributed by atoms with Crippen LogP contribution in [0.5, 0.6) is 0 Å². The first-order valence-electron chi connectivity index (χ1n) is 11.0. The molecular formula is C23H34ClNO5. The van der Waals surface area contributed by atoms with Crippen molar-refractivity contribution < 1.29 is 24.5 Å². The highest BCUT2D eigenvalue weighted by Gasteiger charge is 2.65. The number of carbonyl (C=O) groups excluding carboxylic acids is 1. The molecule has 3 N–H and O–H groups in total. The molecule has 30 heavy (non-hydrogen) atoms. The van der Waals surface area contributed by atoms with Gasteiger partial charge in [-0.15, -0.1) is 0 Å². The number of nitrogens with one attached hydrogen (secondary N) is 1. The van der Waals surface area contributed by atoms with Crippen LogP contribution in [0, 0.1) is 5.92 Å². The van der Waals surface area contributed by atoms with E-state index in [1.54, 1.807) is 12.2 Å². The second-order valence-corrected chi connectivity index (χ2v) is 9.29. The number of aliphatic hydroxyl groups is 2. The van der Waals surface area contributed by atoms with E-state index in [4.69, 9.17) is 21.1 Å². The van der Waals surface area contributed by atoms with E-state index in [0.29, 0.717) is 12.3 Å². The van der Waals surface area contributed by atoms with Gasteiger partial charge in [-0.05, 0) is 25.3 Å². The van der Waals surface area contributed by atoms with Crippen molar-refractivity contribution in [2.75, 3.05) is 0 Å². The average Bonchev–Trinajstić information content (AvgIpc) is 3.44. The van der Waals surface area contributed by atoms with E-state index in [2.05, 4.69) is 25.2 Å². The predicted octanol–water partition coefficient (Wildman–Crippen LogP) is 3.32. The molecule has 7 atom stereocenters. The summed E-state index contributed by atoms with van der Waals surface area (Å²) in [5.74, 6) is 0.186. The van der Waals surface area contributed by atoms with Crippen molar-refractivity contribution in [3.63, 3.8) is 0 Å². The third-order valence-electron chi connectivity index (χ3n) is 6.09. The molecule has 2 aliphatic heterocycles. The third-order valence-corrected chi connectivity index (χ3v) is 6.42. The van der Waals surface area contributed by atoms with E-state index < -0.39 is 30.1 Å². The van der Waals surface area contributed by atoms with E-state index in [1.807, 2.05) is 6.92 Å². The van der Waals surface area contributed by atoms with Crippen molar-refractivity contribution in [1.82, 2.24) is 5.32 Å².